The third kappa shape index (κ3) is 2.35. The molecule has 0 fully saturated rings. The first-order chi connectivity index (χ1) is 9.43. The first-order valence-corrected chi connectivity index (χ1v) is 5.53. The van der Waals surface area contributed by atoms with Crippen molar-refractivity contribution < 1.29 is 18.8 Å². The Hall–Kier alpha value is -2.77. The largest absolute Gasteiger partial charge is 0.465 e. The van der Waals surface area contributed by atoms with Crippen molar-refractivity contribution in [2.45, 2.75) is 6.92 Å². The molecule has 0 bridgehead atoms. The number of benzene rings is 1. The molecule has 104 valence electrons. The molecule has 8 heteroatoms. The Morgan fingerprint density at radius 2 is 2.20 bits per heavy atom. The monoisotopic (exact) mass is 279 g/mol. The fourth-order valence-corrected chi connectivity index (χ4v) is 1.70. The third-order valence-electron chi connectivity index (χ3n) is 2.64. The van der Waals surface area contributed by atoms with E-state index in [9.17, 15) is 19.3 Å². The molecule has 0 spiro atoms. The number of aryl methyl sites for hydroxylation is 1. The van der Waals surface area contributed by atoms with Crippen LogP contribution in [0.25, 0.3) is 5.69 Å². The molecule has 0 unspecified atom stereocenters. The quantitative estimate of drug-likeness (QED) is 0.487. The van der Waals surface area contributed by atoms with Crippen LogP contribution in [0, 0.1) is 22.9 Å². The zero-order valence-corrected chi connectivity index (χ0v) is 10.7. The van der Waals surface area contributed by atoms with Crippen LogP contribution in [0.1, 0.15) is 16.1 Å². The molecule has 0 atom stereocenters. The second kappa shape index (κ2) is 5.08. The van der Waals surface area contributed by atoms with Crippen LogP contribution < -0.4 is 0 Å². The molecule has 0 aliphatic carbocycles. The van der Waals surface area contributed by atoms with Gasteiger partial charge in [-0.15, -0.1) is 0 Å². The fourth-order valence-electron chi connectivity index (χ4n) is 1.70. The van der Waals surface area contributed by atoms with Crippen LogP contribution in [-0.4, -0.2) is 27.8 Å². The first-order valence-electron chi connectivity index (χ1n) is 5.53. The van der Waals surface area contributed by atoms with Crippen LogP contribution in [0.5, 0.6) is 0 Å². The minimum Gasteiger partial charge on any atom is -0.465 e. The van der Waals surface area contributed by atoms with Gasteiger partial charge in [-0.2, -0.15) is 5.10 Å². The SMILES string of the molecule is COC(=O)c1cc(-n2ccc(C)n2)c([N+](=O)[O-])cc1F. The van der Waals surface area contributed by atoms with Crippen molar-refractivity contribution in [3.63, 3.8) is 0 Å². The lowest BCUT2D eigenvalue weighted by Crippen LogP contribution is -2.09. The highest BCUT2D eigenvalue weighted by molar-refractivity contribution is 5.91. The minimum absolute atomic E-state index is 0.00935. The third-order valence-corrected chi connectivity index (χ3v) is 2.64. The zero-order valence-electron chi connectivity index (χ0n) is 10.7. The molecule has 1 aromatic carbocycles. The number of ether oxygens (including phenoxy) is 1. The summed E-state index contributed by atoms with van der Waals surface area (Å²) in [5.74, 6) is -1.93. The number of nitro benzene ring substituents is 1. The van der Waals surface area contributed by atoms with Gasteiger partial charge in [0.1, 0.15) is 11.5 Å². The number of hydrogen-bond donors (Lipinski definition) is 0. The van der Waals surface area contributed by atoms with Gasteiger partial charge < -0.3 is 4.74 Å². The second-order valence-electron chi connectivity index (χ2n) is 3.97. The summed E-state index contributed by atoms with van der Waals surface area (Å²) in [5, 5.41) is 15.0. The lowest BCUT2D eigenvalue weighted by atomic mass is 10.1. The van der Waals surface area contributed by atoms with E-state index in [1.54, 1.807) is 13.0 Å². The summed E-state index contributed by atoms with van der Waals surface area (Å²) in [4.78, 5) is 21.7. The number of hydrogen-bond acceptors (Lipinski definition) is 5. The summed E-state index contributed by atoms with van der Waals surface area (Å²) < 4.78 is 19.4. The molecule has 0 radical (unpaired) electrons. The molecule has 1 aromatic heterocycles. The van der Waals surface area contributed by atoms with Gasteiger partial charge in [-0.1, -0.05) is 0 Å². The molecule has 0 aliphatic heterocycles. The molecule has 2 rings (SSSR count). The van der Waals surface area contributed by atoms with Gasteiger partial charge in [0, 0.05) is 6.20 Å². The van der Waals surface area contributed by atoms with Crippen LogP contribution in [0.4, 0.5) is 10.1 Å². The Morgan fingerprint density at radius 3 is 2.70 bits per heavy atom. The maximum absolute atomic E-state index is 13.7. The second-order valence-corrected chi connectivity index (χ2v) is 3.97. The summed E-state index contributed by atoms with van der Waals surface area (Å²) >= 11 is 0. The lowest BCUT2D eigenvalue weighted by Gasteiger charge is -2.07. The van der Waals surface area contributed by atoms with E-state index >= 15 is 0 Å². The molecule has 1 heterocycles. The van der Waals surface area contributed by atoms with E-state index in [4.69, 9.17) is 0 Å². The predicted octanol–water partition coefficient (Wildman–Crippen LogP) is 2.01. The van der Waals surface area contributed by atoms with Crippen LogP contribution in [-0.2, 0) is 4.74 Å². The van der Waals surface area contributed by atoms with Crippen LogP contribution in [0.15, 0.2) is 24.4 Å². The summed E-state index contributed by atoms with van der Waals surface area (Å²) in [6.07, 6.45) is 1.48. The van der Waals surface area contributed by atoms with Crippen molar-refractivity contribution in [1.82, 2.24) is 9.78 Å². The number of carbonyl (C=O) groups excluding carboxylic acids is 1. The Kier molecular flexibility index (Phi) is 3.47. The van der Waals surface area contributed by atoms with Gasteiger partial charge in [0.25, 0.3) is 5.69 Å². The Bertz CT molecular complexity index is 696. The molecular formula is C12H10FN3O4. The molecule has 0 N–H and O–H groups in total. The van der Waals surface area contributed by atoms with E-state index in [0.717, 1.165) is 13.2 Å². The summed E-state index contributed by atoms with van der Waals surface area (Å²) in [7, 11) is 1.10. The van der Waals surface area contributed by atoms with E-state index < -0.39 is 22.4 Å². The van der Waals surface area contributed by atoms with Gasteiger partial charge in [0.15, 0.2) is 0 Å². The van der Waals surface area contributed by atoms with Crippen molar-refractivity contribution >= 4 is 11.7 Å². The van der Waals surface area contributed by atoms with E-state index in [-0.39, 0.29) is 11.3 Å². The maximum atomic E-state index is 13.7. The van der Waals surface area contributed by atoms with Crippen LogP contribution in [0.2, 0.25) is 0 Å². The van der Waals surface area contributed by atoms with E-state index in [1.807, 2.05) is 0 Å². The predicted molar refractivity (Wildman–Crippen MR) is 66.3 cm³/mol. The number of carbonyl (C=O) groups is 1. The summed E-state index contributed by atoms with van der Waals surface area (Å²) in [6.45, 7) is 1.70. The van der Waals surface area contributed by atoms with Crippen LogP contribution >= 0.6 is 0 Å². The smallest absolute Gasteiger partial charge is 0.340 e. The highest BCUT2D eigenvalue weighted by atomic mass is 19.1. The van der Waals surface area contributed by atoms with E-state index in [0.29, 0.717) is 11.8 Å². The summed E-state index contributed by atoms with van der Waals surface area (Å²) in [6, 6.07) is 3.36. The minimum atomic E-state index is -1.02. The highest BCUT2D eigenvalue weighted by Gasteiger charge is 2.23. The van der Waals surface area contributed by atoms with Gasteiger partial charge in [0.05, 0.1) is 29.4 Å². The molecule has 7 nitrogen and oxygen atoms in total. The normalized spacial score (nSPS) is 10.3. The Morgan fingerprint density at radius 1 is 1.50 bits per heavy atom. The number of aromatic nitrogens is 2. The van der Waals surface area contributed by atoms with Crippen molar-refractivity contribution in [3.05, 3.63) is 51.6 Å². The summed E-state index contributed by atoms with van der Waals surface area (Å²) in [5.41, 5.74) is -0.257. The first kappa shape index (κ1) is 13.7. The molecule has 0 saturated carbocycles. The van der Waals surface area contributed by atoms with Crippen molar-refractivity contribution in [3.8, 4) is 5.69 Å². The average Bonchev–Trinajstić information content (AvgIpc) is 2.84. The topological polar surface area (TPSA) is 87.3 Å². The van der Waals surface area contributed by atoms with Gasteiger partial charge >= 0.3 is 5.97 Å². The zero-order chi connectivity index (χ0) is 14.9. The van der Waals surface area contributed by atoms with Gasteiger partial charge in [-0.05, 0) is 19.1 Å². The van der Waals surface area contributed by atoms with Gasteiger partial charge in [-0.3, -0.25) is 10.1 Å². The lowest BCUT2D eigenvalue weighted by molar-refractivity contribution is -0.384. The van der Waals surface area contributed by atoms with Crippen molar-refractivity contribution in [1.29, 1.82) is 0 Å². The molecule has 0 amide bonds. The molecule has 20 heavy (non-hydrogen) atoms. The molecule has 2 aromatic rings. The van der Waals surface area contributed by atoms with Crippen molar-refractivity contribution in [2.75, 3.05) is 7.11 Å². The average molecular weight is 279 g/mol. The molecular weight excluding hydrogens is 269 g/mol. The maximum Gasteiger partial charge on any atom is 0.340 e. The van der Waals surface area contributed by atoms with Gasteiger partial charge in [0.2, 0.25) is 0 Å². The van der Waals surface area contributed by atoms with Gasteiger partial charge in [-0.25, -0.2) is 13.9 Å². The highest BCUT2D eigenvalue weighted by Crippen LogP contribution is 2.26. The Balaban J connectivity index is 2.69. The van der Waals surface area contributed by atoms with Crippen molar-refractivity contribution in [2.24, 2.45) is 0 Å². The number of nitro groups is 1. The number of esters is 1. The molecule has 0 saturated heterocycles. The molecule has 0 aliphatic rings. The van der Waals surface area contributed by atoms with E-state index in [2.05, 4.69) is 9.84 Å². The number of halogens is 1. The standard InChI is InChI=1S/C12H10FN3O4/c1-7-3-4-15(14-7)10-5-8(12(17)20-2)9(13)6-11(10)16(18)19/h3-6H,1-2H3. The Labute approximate surface area is 112 Å². The fraction of sp³-hybridized carbons (Fsp3) is 0.167. The number of nitrogens with zero attached hydrogens (tertiary/aromatic N) is 3. The number of rotatable bonds is 3. The number of methoxy groups -OCH3 is 1. The van der Waals surface area contributed by atoms with Crippen LogP contribution in [0.3, 0.4) is 0 Å². The van der Waals surface area contributed by atoms with E-state index in [1.165, 1.54) is 10.9 Å².